The van der Waals surface area contributed by atoms with E-state index in [0.29, 0.717) is 0 Å². The molecule has 1 aromatic carbocycles. The van der Waals surface area contributed by atoms with Gasteiger partial charge in [0.1, 0.15) is 9.90 Å². The van der Waals surface area contributed by atoms with Crippen molar-refractivity contribution in [3.63, 3.8) is 0 Å². The Balaban J connectivity index is 2.29. The van der Waals surface area contributed by atoms with E-state index in [1.54, 1.807) is 11.8 Å². The van der Waals surface area contributed by atoms with Crippen LogP contribution in [-0.4, -0.2) is 15.3 Å². The van der Waals surface area contributed by atoms with Gasteiger partial charge < -0.3 is 0 Å². The standard InChI is InChI=1S/C11H9ClN2S2/c1-2-7-15-11-10(13-14-16-11)8-3-5-9(12)6-4-8/h2-6H,1,7H2. The highest BCUT2D eigenvalue weighted by molar-refractivity contribution is 8.01. The van der Waals surface area contributed by atoms with Crippen LogP contribution < -0.4 is 0 Å². The third-order valence-corrected chi connectivity index (χ3v) is 4.12. The second-order valence-electron chi connectivity index (χ2n) is 3.02. The molecule has 0 aliphatic rings. The van der Waals surface area contributed by atoms with Crippen LogP contribution in [0.4, 0.5) is 0 Å². The maximum absolute atomic E-state index is 5.84. The van der Waals surface area contributed by atoms with Crippen molar-refractivity contribution in [1.29, 1.82) is 0 Å². The SMILES string of the molecule is C=CCSc1snnc1-c1ccc(Cl)cc1. The summed E-state index contributed by atoms with van der Waals surface area (Å²) < 4.78 is 5.09. The Bertz CT molecular complexity index is 479. The van der Waals surface area contributed by atoms with E-state index in [9.17, 15) is 0 Å². The first-order chi connectivity index (χ1) is 7.81. The van der Waals surface area contributed by atoms with Crippen LogP contribution >= 0.6 is 34.9 Å². The Hall–Kier alpha value is -0.840. The zero-order chi connectivity index (χ0) is 11.4. The second-order valence-corrected chi connectivity index (χ2v) is 5.49. The van der Waals surface area contributed by atoms with Crippen molar-refractivity contribution in [2.75, 3.05) is 5.75 Å². The molecule has 2 nitrogen and oxygen atoms in total. The van der Waals surface area contributed by atoms with Gasteiger partial charge in [0.25, 0.3) is 0 Å². The number of hydrogen-bond acceptors (Lipinski definition) is 4. The van der Waals surface area contributed by atoms with Gasteiger partial charge in [-0.1, -0.05) is 34.3 Å². The van der Waals surface area contributed by atoms with Crippen molar-refractivity contribution in [3.05, 3.63) is 41.9 Å². The molecule has 2 rings (SSSR count). The number of rotatable bonds is 4. The number of hydrogen-bond donors (Lipinski definition) is 0. The smallest absolute Gasteiger partial charge is 0.119 e. The van der Waals surface area contributed by atoms with E-state index < -0.39 is 0 Å². The van der Waals surface area contributed by atoms with E-state index in [-0.39, 0.29) is 0 Å². The van der Waals surface area contributed by atoms with E-state index >= 15 is 0 Å². The van der Waals surface area contributed by atoms with Crippen LogP contribution in [0, 0.1) is 0 Å². The van der Waals surface area contributed by atoms with Crippen molar-refractivity contribution in [1.82, 2.24) is 9.59 Å². The molecule has 0 radical (unpaired) electrons. The van der Waals surface area contributed by atoms with Crippen LogP contribution in [0.3, 0.4) is 0 Å². The molecule has 2 aromatic rings. The number of halogens is 1. The van der Waals surface area contributed by atoms with Crippen LogP contribution in [0.25, 0.3) is 11.3 Å². The Morgan fingerprint density at radius 2 is 2.12 bits per heavy atom. The molecule has 1 heterocycles. The van der Waals surface area contributed by atoms with Gasteiger partial charge in [-0.3, -0.25) is 0 Å². The summed E-state index contributed by atoms with van der Waals surface area (Å²) in [5.41, 5.74) is 1.97. The summed E-state index contributed by atoms with van der Waals surface area (Å²) in [4.78, 5) is 0. The molecule has 0 aliphatic carbocycles. The molecule has 0 fully saturated rings. The molecule has 0 saturated carbocycles. The Kier molecular flexibility index (Phi) is 3.98. The summed E-state index contributed by atoms with van der Waals surface area (Å²) in [6.07, 6.45) is 1.87. The van der Waals surface area contributed by atoms with E-state index in [1.165, 1.54) is 11.5 Å². The lowest BCUT2D eigenvalue weighted by Gasteiger charge is -1.99. The summed E-state index contributed by atoms with van der Waals surface area (Å²) in [5.74, 6) is 0.866. The van der Waals surface area contributed by atoms with E-state index in [2.05, 4.69) is 16.2 Å². The average molecular weight is 269 g/mol. The average Bonchev–Trinajstić information content (AvgIpc) is 2.75. The minimum Gasteiger partial charge on any atom is -0.137 e. The van der Waals surface area contributed by atoms with Gasteiger partial charge in [0.2, 0.25) is 0 Å². The van der Waals surface area contributed by atoms with Crippen LogP contribution in [0.1, 0.15) is 0 Å². The fourth-order valence-corrected chi connectivity index (χ4v) is 2.84. The molecular formula is C11H9ClN2S2. The Labute approximate surface area is 108 Å². The molecule has 16 heavy (non-hydrogen) atoms. The summed E-state index contributed by atoms with van der Waals surface area (Å²) in [6.45, 7) is 3.70. The molecule has 0 aliphatic heterocycles. The van der Waals surface area contributed by atoms with E-state index in [4.69, 9.17) is 11.6 Å². The van der Waals surface area contributed by atoms with Gasteiger partial charge in [-0.05, 0) is 23.7 Å². The number of aromatic nitrogens is 2. The number of nitrogens with zero attached hydrogens (tertiary/aromatic N) is 2. The van der Waals surface area contributed by atoms with Crippen LogP contribution in [0.5, 0.6) is 0 Å². The lowest BCUT2D eigenvalue weighted by Crippen LogP contribution is -1.80. The fourth-order valence-electron chi connectivity index (χ4n) is 1.20. The normalized spacial score (nSPS) is 10.3. The minimum absolute atomic E-state index is 0.729. The molecule has 0 spiro atoms. The molecule has 0 saturated heterocycles. The first kappa shape index (κ1) is 11.6. The van der Waals surface area contributed by atoms with Crippen molar-refractivity contribution in [2.45, 2.75) is 4.21 Å². The molecular weight excluding hydrogens is 260 g/mol. The Morgan fingerprint density at radius 1 is 1.38 bits per heavy atom. The number of benzene rings is 1. The zero-order valence-corrected chi connectivity index (χ0v) is 10.8. The molecule has 0 amide bonds. The fraction of sp³-hybridized carbons (Fsp3) is 0.0909. The van der Waals surface area contributed by atoms with E-state index in [1.807, 2.05) is 30.3 Å². The van der Waals surface area contributed by atoms with Gasteiger partial charge in [-0.2, -0.15) is 0 Å². The highest BCUT2D eigenvalue weighted by Gasteiger charge is 2.09. The van der Waals surface area contributed by atoms with Crippen LogP contribution in [0.15, 0.2) is 41.1 Å². The molecule has 1 aromatic heterocycles. The maximum Gasteiger partial charge on any atom is 0.119 e. The maximum atomic E-state index is 5.84. The quantitative estimate of drug-likeness (QED) is 0.616. The van der Waals surface area contributed by atoms with Crippen molar-refractivity contribution in [3.8, 4) is 11.3 Å². The molecule has 0 unspecified atom stereocenters. The molecule has 0 atom stereocenters. The van der Waals surface area contributed by atoms with Crippen molar-refractivity contribution >= 4 is 34.9 Å². The third kappa shape index (κ3) is 2.64. The molecule has 5 heteroatoms. The highest BCUT2D eigenvalue weighted by atomic mass is 35.5. The number of thioether (sulfide) groups is 1. The van der Waals surface area contributed by atoms with E-state index in [0.717, 1.165) is 26.2 Å². The zero-order valence-electron chi connectivity index (χ0n) is 8.39. The predicted molar refractivity (Wildman–Crippen MR) is 71.3 cm³/mol. The topological polar surface area (TPSA) is 25.8 Å². The van der Waals surface area contributed by atoms with Crippen LogP contribution in [0.2, 0.25) is 5.02 Å². The summed E-state index contributed by atoms with van der Waals surface area (Å²) in [7, 11) is 0. The summed E-state index contributed by atoms with van der Waals surface area (Å²) in [6, 6.07) is 7.63. The van der Waals surface area contributed by atoms with Gasteiger partial charge in [0.15, 0.2) is 0 Å². The summed E-state index contributed by atoms with van der Waals surface area (Å²) in [5, 5.41) is 4.87. The van der Waals surface area contributed by atoms with Crippen LogP contribution in [-0.2, 0) is 0 Å². The third-order valence-electron chi connectivity index (χ3n) is 1.91. The van der Waals surface area contributed by atoms with Gasteiger partial charge >= 0.3 is 0 Å². The predicted octanol–water partition coefficient (Wildman–Crippen LogP) is 4.14. The largest absolute Gasteiger partial charge is 0.137 e. The monoisotopic (exact) mass is 268 g/mol. The van der Waals surface area contributed by atoms with Gasteiger partial charge in [-0.15, -0.1) is 23.4 Å². The minimum atomic E-state index is 0.729. The Morgan fingerprint density at radius 3 is 2.81 bits per heavy atom. The second kappa shape index (κ2) is 5.48. The van der Waals surface area contributed by atoms with Crippen molar-refractivity contribution in [2.24, 2.45) is 0 Å². The first-order valence-electron chi connectivity index (χ1n) is 4.63. The van der Waals surface area contributed by atoms with Gasteiger partial charge in [-0.25, -0.2) is 0 Å². The molecule has 0 N–H and O–H groups in total. The highest BCUT2D eigenvalue weighted by Crippen LogP contribution is 2.32. The summed E-state index contributed by atoms with van der Waals surface area (Å²) >= 11 is 8.95. The molecule has 82 valence electrons. The van der Waals surface area contributed by atoms with Gasteiger partial charge in [0, 0.05) is 16.3 Å². The lowest BCUT2D eigenvalue weighted by atomic mass is 10.2. The first-order valence-corrected chi connectivity index (χ1v) is 6.77. The van der Waals surface area contributed by atoms with Gasteiger partial charge in [0.05, 0.1) is 0 Å². The lowest BCUT2D eigenvalue weighted by molar-refractivity contribution is 1.15. The van der Waals surface area contributed by atoms with Crippen molar-refractivity contribution < 1.29 is 0 Å². The molecule has 0 bridgehead atoms.